The van der Waals surface area contributed by atoms with Crippen molar-refractivity contribution in [1.29, 1.82) is 0 Å². The van der Waals surface area contributed by atoms with Crippen LogP contribution in [-0.4, -0.2) is 44.0 Å². The molecule has 0 saturated heterocycles. The lowest BCUT2D eigenvalue weighted by atomic mass is 9.95. The molecule has 0 bridgehead atoms. The molecule has 1 fully saturated rings. The Morgan fingerprint density at radius 1 is 1.20 bits per heavy atom. The molecule has 0 atom stereocenters. The number of carbonyl (C=O) groups is 1. The van der Waals surface area contributed by atoms with Gasteiger partial charge in [-0.2, -0.15) is 0 Å². The van der Waals surface area contributed by atoms with Gasteiger partial charge in [-0.3, -0.25) is 4.79 Å². The second kappa shape index (κ2) is 8.62. The van der Waals surface area contributed by atoms with Gasteiger partial charge in [0, 0.05) is 25.6 Å². The molecule has 1 amide bonds. The number of rotatable bonds is 8. The van der Waals surface area contributed by atoms with Crippen LogP contribution in [0.15, 0.2) is 0 Å². The number of amides is 1. The molecule has 0 spiro atoms. The van der Waals surface area contributed by atoms with Crippen molar-refractivity contribution >= 4 is 15.9 Å². The van der Waals surface area contributed by atoms with Gasteiger partial charge >= 0.3 is 0 Å². The predicted octanol–water partition coefficient (Wildman–Crippen LogP) is 1.89. The Balaban J connectivity index is 2.35. The molecule has 0 aromatic carbocycles. The molecule has 118 valence electrons. The lowest BCUT2D eigenvalue weighted by Gasteiger charge is -2.24. The fourth-order valence-corrected chi connectivity index (χ4v) is 3.43. The quantitative estimate of drug-likeness (QED) is 0.744. The number of sulfonamides is 1. The average molecular weight is 304 g/mol. The topological polar surface area (TPSA) is 66.5 Å². The maximum Gasteiger partial charge on any atom is 0.221 e. The fourth-order valence-electron chi connectivity index (χ4n) is 2.55. The molecule has 1 N–H and O–H groups in total. The van der Waals surface area contributed by atoms with E-state index in [0.717, 1.165) is 25.7 Å². The van der Waals surface area contributed by atoms with E-state index in [-0.39, 0.29) is 18.9 Å². The van der Waals surface area contributed by atoms with E-state index in [1.807, 2.05) is 6.92 Å². The van der Waals surface area contributed by atoms with Crippen molar-refractivity contribution in [2.75, 3.05) is 19.3 Å². The third kappa shape index (κ3) is 6.70. The minimum absolute atomic E-state index is 0.0259. The standard InChI is InChI=1S/C14H28N2O3S/c1-3-4-11-16(20(2,18)19)12-10-14(17)15-13-8-6-5-7-9-13/h13H,3-12H2,1-2H3,(H,15,17). The van der Waals surface area contributed by atoms with Gasteiger partial charge in [0.1, 0.15) is 0 Å². The molecule has 1 aliphatic carbocycles. The Kier molecular flexibility index (Phi) is 7.51. The van der Waals surface area contributed by atoms with E-state index in [0.29, 0.717) is 12.6 Å². The Morgan fingerprint density at radius 3 is 2.40 bits per heavy atom. The third-order valence-electron chi connectivity index (χ3n) is 3.79. The summed E-state index contributed by atoms with van der Waals surface area (Å²) in [6.45, 7) is 2.82. The van der Waals surface area contributed by atoms with E-state index in [2.05, 4.69) is 5.32 Å². The molecule has 0 aromatic rings. The molecule has 0 aliphatic heterocycles. The van der Waals surface area contributed by atoms with Crippen LogP contribution in [0.5, 0.6) is 0 Å². The van der Waals surface area contributed by atoms with Crippen molar-refractivity contribution < 1.29 is 13.2 Å². The van der Waals surface area contributed by atoms with Gasteiger partial charge in [0.2, 0.25) is 15.9 Å². The maximum atomic E-state index is 11.9. The van der Waals surface area contributed by atoms with Crippen LogP contribution in [0.1, 0.15) is 58.3 Å². The summed E-state index contributed by atoms with van der Waals surface area (Å²) >= 11 is 0. The molecule has 0 radical (unpaired) electrons. The molecule has 1 saturated carbocycles. The number of nitrogens with one attached hydrogen (secondary N) is 1. The molecule has 0 aromatic heterocycles. The summed E-state index contributed by atoms with van der Waals surface area (Å²) < 4.78 is 24.7. The second-order valence-corrected chi connectivity index (χ2v) is 7.65. The van der Waals surface area contributed by atoms with Crippen LogP contribution in [-0.2, 0) is 14.8 Å². The Morgan fingerprint density at radius 2 is 1.85 bits per heavy atom. The van der Waals surface area contributed by atoms with Crippen LogP contribution in [0.2, 0.25) is 0 Å². The van der Waals surface area contributed by atoms with Crippen molar-refractivity contribution in [3.8, 4) is 0 Å². The smallest absolute Gasteiger partial charge is 0.221 e. The van der Waals surface area contributed by atoms with Crippen LogP contribution in [0, 0.1) is 0 Å². The van der Waals surface area contributed by atoms with E-state index < -0.39 is 10.0 Å². The number of carbonyl (C=O) groups excluding carboxylic acids is 1. The van der Waals surface area contributed by atoms with Gasteiger partial charge in [0.05, 0.1) is 6.26 Å². The Labute approximate surface area is 123 Å². The first-order valence-corrected chi connectivity index (χ1v) is 9.52. The summed E-state index contributed by atoms with van der Waals surface area (Å²) in [6, 6.07) is 0.290. The molecular formula is C14H28N2O3S. The van der Waals surface area contributed by atoms with E-state index in [1.165, 1.54) is 29.8 Å². The van der Waals surface area contributed by atoms with E-state index >= 15 is 0 Å². The highest BCUT2D eigenvalue weighted by Crippen LogP contribution is 2.17. The zero-order chi connectivity index (χ0) is 15.0. The number of hydrogen-bond donors (Lipinski definition) is 1. The van der Waals surface area contributed by atoms with Gasteiger partial charge in [-0.25, -0.2) is 12.7 Å². The number of nitrogens with zero attached hydrogens (tertiary/aromatic N) is 1. The van der Waals surface area contributed by atoms with E-state index in [1.54, 1.807) is 0 Å². The van der Waals surface area contributed by atoms with E-state index in [9.17, 15) is 13.2 Å². The van der Waals surface area contributed by atoms with Crippen molar-refractivity contribution in [1.82, 2.24) is 9.62 Å². The lowest BCUT2D eigenvalue weighted by molar-refractivity contribution is -0.122. The first-order chi connectivity index (χ1) is 9.43. The third-order valence-corrected chi connectivity index (χ3v) is 5.09. The van der Waals surface area contributed by atoms with Crippen molar-refractivity contribution in [3.63, 3.8) is 0 Å². The molecule has 5 nitrogen and oxygen atoms in total. The molecule has 0 unspecified atom stereocenters. The summed E-state index contributed by atoms with van der Waals surface area (Å²) in [5, 5.41) is 3.02. The number of hydrogen-bond acceptors (Lipinski definition) is 3. The highest BCUT2D eigenvalue weighted by molar-refractivity contribution is 7.88. The van der Waals surface area contributed by atoms with Gasteiger partial charge in [0.25, 0.3) is 0 Å². The van der Waals surface area contributed by atoms with Crippen molar-refractivity contribution in [3.05, 3.63) is 0 Å². The monoisotopic (exact) mass is 304 g/mol. The normalized spacial score (nSPS) is 17.4. The van der Waals surface area contributed by atoms with Crippen LogP contribution in [0.25, 0.3) is 0 Å². The minimum Gasteiger partial charge on any atom is -0.353 e. The summed E-state index contributed by atoms with van der Waals surface area (Å²) in [5.41, 5.74) is 0. The van der Waals surface area contributed by atoms with Gasteiger partial charge < -0.3 is 5.32 Å². The van der Waals surface area contributed by atoms with Crippen LogP contribution in [0.3, 0.4) is 0 Å². The van der Waals surface area contributed by atoms with Crippen LogP contribution >= 0.6 is 0 Å². The molecule has 6 heteroatoms. The van der Waals surface area contributed by atoms with Gasteiger partial charge in [-0.1, -0.05) is 32.6 Å². The number of unbranched alkanes of at least 4 members (excludes halogenated alkanes) is 1. The molecular weight excluding hydrogens is 276 g/mol. The molecule has 1 aliphatic rings. The van der Waals surface area contributed by atoms with Crippen molar-refractivity contribution in [2.24, 2.45) is 0 Å². The first kappa shape index (κ1) is 17.4. The first-order valence-electron chi connectivity index (χ1n) is 7.68. The zero-order valence-electron chi connectivity index (χ0n) is 12.7. The van der Waals surface area contributed by atoms with Gasteiger partial charge in [-0.15, -0.1) is 0 Å². The summed E-state index contributed by atoms with van der Waals surface area (Å²) in [6.07, 6.45) is 8.96. The summed E-state index contributed by atoms with van der Waals surface area (Å²) in [4.78, 5) is 11.9. The van der Waals surface area contributed by atoms with Crippen molar-refractivity contribution in [2.45, 2.75) is 64.3 Å². The fraction of sp³-hybridized carbons (Fsp3) is 0.929. The second-order valence-electron chi connectivity index (χ2n) is 5.67. The van der Waals surface area contributed by atoms with Gasteiger partial charge in [0.15, 0.2) is 0 Å². The predicted molar refractivity (Wildman–Crippen MR) is 81.0 cm³/mol. The average Bonchev–Trinajstić information content (AvgIpc) is 2.38. The highest BCUT2D eigenvalue weighted by atomic mass is 32.2. The zero-order valence-corrected chi connectivity index (χ0v) is 13.5. The van der Waals surface area contributed by atoms with Crippen LogP contribution in [0.4, 0.5) is 0 Å². The summed E-state index contributed by atoms with van der Waals surface area (Å²) in [5.74, 6) is -0.0259. The highest BCUT2D eigenvalue weighted by Gasteiger charge is 2.19. The molecule has 0 heterocycles. The SMILES string of the molecule is CCCCN(CCC(=O)NC1CCCCC1)S(C)(=O)=O. The Hall–Kier alpha value is -0.620. The minimum atomic E-state index is -3.21. The maximum absolute atomic E-state index is 11.9. The summed E-state index contributed by atoms with van der Waals surface area (Å²) in [7, 11) is -3.21. The molecule has 1 rings (SSSR count). The largest absolute Gasteiger partial charge is 0.353 e. The Bertz CT molecular complexity index is 389. The van der Waals surface area contributed by atoms with Crippen LogP contribution < -0.4 is 5.32 Å². The molecule has 20 heavy (non-hydrogen) atoms. The van der Waals surface area contributed by atoms with E-state index in [4.69, 9.17) is 0 Å². The lowest BCUT2D eigenvalue weighted by Crippen LogP contribution is -2.39. The van der Waals surface area contributed by atoms with Gasteiger partial charge in [-0.05, 0) is 19.3 Å².